The monoisotopic (exact) mass is 443 g/mol. The second kappa shape index (κ2) is 7.96. The number of nitrogens with zero attached hydrogens (tertiary/aromatic N) is 2. The van der Waals surface area contributed by atoms with Gasteiger partial charge in [0.25, 0.3) is 0 Å². The zero-order valence-corrected chi connectivity index (χ0v) is 18.5. The summed E-state index contributed by atoms with van der Waals surface area (Å²) in [6.07, 6.45) is 1.10. The third-order valence-electron chi connectivity index (χ3n) is 5.03. The number of amides is 1. The minimum atomic E-state index is -0.560. The van der Waals surface area contributed by atoms with Crippen molar-refractivity contribution in [3.8, 4) is 22.5 Å². The molecule has 1 amide bonds. The smallest absolute Gasteiger partial charge is 0.408 e. The van der Waals surface area contributed by atoms with Crippen LogP contribution in [0.25, 0.3) is 22.5 Å². The summed E-state index contributed by atoms with van der Waals surface area (Å²) >= 11 is 6.15. The summed E-state index contributed by atoms with van der Waals surface area (Å²) in [5, 5.41) is 7.09. The van der Waals surface area contributed by atoms with E-state index in [2.05, 4.69) is 15.5 Å². The van der Waals surface area contributed by atoms with E-state index in [0.29, 0.717) is 11.5 Å². The van der Waals surface area contributed by atoms with Crippen molar-refractivity contribution in [1.29, 1.82) is 0 Å². The average molecular weight is 444 g/mol. The Kier molecular flexibility index (Phi) is 5.47. The predicted molar refractivity (Wildman–Crippen MR) is 115 cm³/mol. The number of aromatic nitrogens is 2. The number of alkyl carbamates (subject to hydrolysis) is 1. The molecule has 0 saturated heterocycles. The number of benzene rings is 2. The summed E-state index contributed by atoms with van der Waals surface area (Å²) in [4.78, 5) is 16.4. The van der Waals surface area contributed by atoms with Crippen LogP contribution in [0.5, 0.6) is 0 Å². The van der Waals surface area contributed by atoms with Crippen LogP contribution < -0.4 is 5.32 Å². The maximum atomic E-state index is 14.8. The molecule has 0 saturated carbocycles. The first-order valence-corrected chi connectivity index (χ1v) is 10.4. The summed E-state index contributed by atoms with van der Waals surface area (Å²) in [6, 6.07) is 8.63. The average Bonchev–Trinajstić information content (AvgIpc) is 3.25. The van der Waals surface area contributed by atoms with Gasteiger partial charge in [0.15, 0.2) is 0 Å². The van der Waals surface area contributed by atoms with Gasteiger partial charge in [-0.05, 0) is 68.0 Å². The molecule has 1 unspecified atom stereocenters. The van der Waals surface area contributed by atoms with Gasteiger partial charge in [-0.25, -0.2) is 9.18 Å². The third-order valence-corrected chi connectivity index (χ3v) is 5.25. The number of halogens is 2. The molecule has 1 heterocycles. The molecule has 8 heteroatoms. The molecule has 1 N–H and O–H groups in total. The zero-order chi connectivity index (χ0) is 22.3. The molecule has 0 aliphatic heterocycles. The molecule has 162 valence electrons. The number of rotatable bonds is 3. The minimum Gasteiger partial charge on any atom is -0.444 e. The van der Waals surface area contributed by atoms with Crippen LogP contribution in [0.2, 0.25) is 5.02 Å². The van der Waals surface area contributed by atoms with Gasteiger partial charge in [0.2, 0.25) is 11.7 Å². The molecule has 2 aromatic carbocycles. The number of carbonyl (C=O) groups excluding carboxylic acids is 1. The zero-order valence-electron chi connectivity index (χ0n) is 17.8. The van der Waals surface area contributed by atoms with Gasteiger partial charge in [-0.15, -0.1) is 0 Å². The lowest BCUT2D eigenvalue weighted by molar-refractivity contribution is 0.0503. The standard InChI is InChI=1S/C23H23ClFN3O3/c1-12-26-21(28-31-12)20-17(10-15(24)11-18(20)25)14-5-7-16-13(9-14)6-8-19(16)27-22(29)30-23(2,3)4/h5,7,9-11,19H,6,8H2,1-4H3,(H,27,29). The number of carbonyl (C=O) groups is 1. The van der Waals surface area contributed by atoms with Crippen molar-refractivity contribution < 1.29 is 18.4 Å². The van der Waals surface area contributed by atoms with Crippen LogP contribution in [0.3, 0.4) is 0 Å². The SMILES string of the molecule is Cc1nc(-c2c(F)cc(Cl)cc2-c2ccc3c(c2)CCC3NC(=O)OC(C)(C)C)no1. The highest BCUT2D eigenvalue weighted by Crippen LogP contribution is 2.39. The van der Waals surface area contributed by atoms with E-state index in [1.807, 2.05) is 39.0 Å². The maximum Gasteiger partial charge on any atom is 0.408 e. The van der Waals surface area contributed by atoms with Gasteiger partial charge in [-0.1, -0.05) is 35.0 Å². The lowest BCUT2D eigenvalue weighted by atomic mass is 9.95. The lowest BCUT2D eigenvalue weighted by Crippen LogP contribution is -2.34. The molecule has 4 rings (SSSR count). The summed E-state index contributed by atoms with van der Waals surface area (Å²) in [5.74, 6) is 0.000198. The topological polar surface area (TPSA) is 77.2 Å². The number of fused-ring (bicyclic) bond motifs is 1. The highest BCUT2D eigenvalue weighted by Gasteiger charge is 2.27. The van der Waals surface area contributed by atoms with Crippen LogP contribution in [0.4, 0.5) is 9.18 Å². The Morgan fingerprint density at radius 1 is 1.29 bits per heavy atom. The van der Waals surface area contributed by atoms with Crippen molar-refractivity contribution in [2.45, 2.75) is 52.2 Å². The predicted octanol–water partition coefficient (Wildman–Crippen LogP) is 6.02. The second-order valence-electron chi connectivity index (χ2n) is 8.60. The van der Waals surface area contributed by atoms with Crippen LogP contribution in [0.15, 0.2) is 34.9 Å². The molecule has 0 fully saturated rings. The minimum absolute atomic E-state index is 0.130. The molecule has 1 atom stereocenters. The molecule has 31 heavy (non-hydrogen) atoms. The molecule has 1 aliphatic carbocycles. The largest absolute Gasteiger partial charge is 0.444 e. The first kappa shape index (κ1) is 21.3. The molecular formula is C23H23ClFN3O3. The van der Waals surface area contributed by atoms with Crippen LogP contribution in [0, 0.1) is 12.7 Å². The van der Waals surface area contributed by atoms with E-state index in [4.69, 9.17) is 20.9 Å². The van der Waals surface area contributed by atoms with Gasteiger partial charge in [0, 0.05) is 11.9 Å². The highest BCUT2D eigenvalue weighted by molar-refractivity contribution is 6.31. The molecule has 1 aliphatic rings. The summed E-state index contributed by atoms with van der Waals surface area (Å²) < 4.78 is 25.3. The van der Waals surface area contributed by atoms with Crippen molar-refractivity contribution in [2.24, 2.45) is 0 Å². The van der Waals surface area contributed by atoms with Gasteiger partial charge in [0.1, 0.15) is 11.4 Å². The van der Waals surface area contributed by atoms with Crippen molar-refractivity contribution in [1.82, 2.24) is 15.5 Å². The summed E-state index contributed by atoms with van der Waals surface area (Å²) in [5.41, 5.74) is 3.15. The number of hydrogen-bond acceptors (Lipinski definition) is 5. The molecule has 1 aromatic heterocycles. The number of aryl methyl sites for hydroxylation is 2. The Morgan fingerprint density at radius 3 is 2.74 bits per heavy atom. The fourth-order valence-corrected chi connectivity index (χ4v) is 4.02. The van der Waals surface area contributed by atoms with Gasteiger partial charge >= 0.3 is 6.09 Å². The Bertz CT molecular complexity index is 1150. The first-order valence-electron chi connectivity index (χ1n) is 10.0. The van der Waals surface area contributed by atoms with E-state index < -0.39 is 17.5 Å². The Hall–Kier alpha value is -2.93. The lowest BCUT2D eigenvalue weighted by Gasteiger charge is -2.22. The quantitative estimate of drug-likeness (QED) is 0.535. The number of hydrogen-bond donors (Lipinski definition) is 1. The molecular weight excluding hydrogens is 421 g/mol. The number of ether oxygens (including phenoxy) is 1. The van der Waals surface area contributed by atoms with Crippen LogP contribution in [-0.2, 0) is 11.2 Å². The fraction of sp³-hybridized carbons (Fsp3) is 0.348. The van der Waals surface area contributed by atoms with Crippen molar-refractivity contribution in [2.75, 3.05) is 0 Å². The van der Waals surface area contributed by atoms with Crippen molar-refractivity contribution >= 4 is 17.7 Å². The second-order valence-corrected chi connectivity index (χ2v) is 9.03. The summed E-state index contributed by atoms with van der Waals surface area (Å²) in [7, 11) is 0. The van der Waals surface area contributed by atoms with Gasteiger partial charge in [0.05, 0.1) is 11.6 Å². The third kappa shape index (κ3) is 4.56. The Balaban J connectivity index is 1.67. The normalized spacial score (nSPS) is 15.6. The van der Waals surface area contributed by atoms with Crippen molar-refractivity contribution in [3.63, 3.8) is 0 Å². The Labute approximate surface area is 184 Å². The molecule has 3 aromatic rings. The molecule has 0 radical (unpaired) electrons. The van der Waals surface area contributed by atoms with Crippen molar-refractivity contribution in [3.05, 3.63) is 58.2 Å². The van der Waals surface area contributed by atoms with E-state index in [-0.39, 0.29) is 22.5 Å². The van der Waals surface area contributed by atoms with E-state index in [1.54, 1.807) is 13.0 Å². The molecule has 6 nitrogen and oxygen atoms in total. The van der Waals surface area contributed by atoms with Crippen LogP contribution in [-0.4, -0.2) is 21.8 Å². The van der Waals surface area contributed by atoms with Gasteiger partial charge in [-0.2, -0.15) is 4.98 Å². The summed E-state index contributed by atoms with van der Waals surface area (Å²) in [6.45, 7) is 7.13. The van der Waals surface area contributed by atoms with Gasteiger partial charge < -0.3 is 14.6 Å². The van der Waals surface area contributed by atoms with E-state index in [9.17, 15) is 9.18 Å². The first-order chi connectivity index (χ1) is 14.6. The van der Waals surface area contributed by atoms with Gasteiger partial charge in [-0.3, -0.25) is 0 Å². The molecule has 0 bridgehead atoms. The maximum absolute atomic E-state index is 14.8. The Morgan fingerprint density at radius 2 is 2.06 bits per heavy atom. The van der Waals surface area contributed by atoms with Crippen LogP contribution in [0.1, 0.15) is 50.3 Å². The van der Waals surface area contributed by atoms with E-state index >= 15 is 0 Å². The number of nitrogens with one attached hydrogen (secondary N) is 1. The fourth-order valence-electron chi connectivity index (χ4n) is 3.81. The van der Waals surface area contributed by atoms with Crippen LogP contribution >= 0.6 is 11.6 Å². The highest BCUT2D eigenvalue weighted by atomic mass is 35.5. The molecule has 0 spiro atoms. The van der Waals surface area contributed by atoms with E-state index in [0.717, 1.165) is 29.5 Å². The van der Waals surface area contributed by atoms with E-state index in [1.165, 1.54) is 6.07 Å².